The molecule has 0 amide bonds. The lowest BCUT2D eigenvalue weighted by Crippen LogP contribution is -2.40. The normalized spacial score (nSPS) is 23.6. The van der Waals surface area contributed by atoms with Crippen LogP contribution in [0.1, 0.15) is 24.8 Å². The van der Waals surface area contributed by atoms with Crippen molar-refractivity contribution in [3.63, 3.8) is 0 Å². The molecule has 1 fully saturated rings. The highest BCUT2D eigenvalue weighted by atomic mass is 16.5. The molecule has 4 heterocycles. The molecule has 2 aliphatic carbocycles. The van der Waals surface area contributed by atoms with Gasteiger partial charge in [-0.2, -0.15) is 10.1 Å². The topological polar surface area (TPSA) is 102 Å². The summed E-state index contributed by atoms with van der Waals surface area (Å²) in [6.07, 6.45) is 18.7. The summed E-state index contributed by atoms with van der Waals surface area (Å²) in [7, 11) is 6.96. The largest absolute Gasteiger partial charge is 0.501 e. The monoisotopic (exact) mass is 556 g/mol. The number of fused-ring (bicyclic) bond motifs is 1. The molecule has 0 saturated carbocycles. The Labute approximate surface area is 240 Å². The van der Waals surface area contributed by atoms with Crippen LogP contribution in [0, 0.1) is 5.92 Å². The number of anilines is 1. The van der Waals surface area contributed by atoms with E-state index < -0.39 is 0 Å². The first kappa shape index (κ1) is 26.8. The number of hydrogen-bond donors (Lipinski definition) is 0. The molecule has 2 aromatic rings. The van der Waals surface area contributed by atoms with Gasteiger partial charge in [-0.1, -0.05) is 6.08 Å². The highest BCUT2D eigenvalue weighted by Crippen LogP contribution is 2.33. The number of aromatic nitrogens is 4. The minimum absolute atomic E-state index is 0.0269. The average molecular weight is 557 g/mol. The van der Waals surface area contributed by atoms with Crippen LogP contribution in [-0.2, 0) is 16.5 Å². The smallest absolute Gasteiger partial charge is 0.228 e. The van der Waals surface area contributed by atoms with E-state index in [0.717, 1.165) is 73.1 Å². The molecule has 6 rings (SSSR count). The molecule has 2 aliphatic heterocycles. The Balaban J connectivity index is 1.27. The fraction of sp³-hybridized carbons (Fsp3) is 0.433. The SMILES string of the molecule is COC1=CC(N(CC2CCN(c3nccc(OC)n3)C2)C2=CCC3N=CC(c4cnn(C)c4)=NC3=C2)CC(OC)=C1. The van der Waals surface area contributed by atoms with Gasteiger partial charge in [-0.05, 0) is 30.9 Å². The van der Waals surface area contributed by atoms with Crippen molar-refractivity contribution in [2.75, 3.05) is 45.9 Å². The molecule has 0 N–H and O–H groups in total. The Hall–Kier alpha value is -4.41. The summed E-state index contributed by atoms with van der Waals surface area (Å²) in [5.74, 6) is 3.41. The Morgan fingerprint density at radius 3 is 2.80 bits per heavy atom. The second kappa shape index (κ2) is 11.6. The second-order valence-corrected chi connectivity index (χ2v) is 10.6. The van der Waals surface area contributed by atoms with Crippen LogP contribution >= 0.6 is 0 Å². The van der Waals surface area contributed by atoms with Crippen LogP contribution in [0.5, 0.6) is 5.88 Å². The van der Waals surface area contributed by atoms with Gasteiger partial charge in [-0.15, -0.1) is 0 Å². The van der Waals surface area contributed by atoms with E-state index in [0.29, 0.717) is 17.7 Å². The van der Waals surface area contributed by atoms with E-state index in [4.69, 9.17) is 24.2 Å². The van der Waals surface area contributed by atoms with Gasteiger partial charge in [0, 0.05) is 75.1 Å². The zero-order valence-corrected chi connectivity index (χ0v) is 24.0. The van der Waals surface area contributed by atoms with Gasteiger partial charge in [0.25, 0.3) is 0 Å². The Morgan fingerprint density at radius 1 is 1.12 bits per heavy atom. The van der Waals surface area contributed by atoms with Crippen LogP contribution in [0.2, 0.25) is 0 Å². The summed E-state index contributed by atoms with van der Waals surface area (Å²) in [6.45, 7) is 2.62. The number of allylic oxidation sites excluding steroid dienone is 2. The van der Waals surface area contributed by atoms with Gasteiger partial charge in [0.15, 0.2) is 0 Å². The van der Waals surface area contributed by atoms with E-state index in [1.165, 1.54) is 0 Å². The minimum Gasteiger partial charge on any atom is -0.501 e. The molecule has 4 aliphatic rings. The minimum atomic E-state index is 0.0269. The molecule has 0 radical (unpaired) electrons. The van der Waals surface area contributed by atoms with Gasteiger partial charge < -0.3 is 24.0 Å². The summed E-state index contributed by atoms with van der Waals surface area (Å²) in [6, 6.07) is 1.87. The lowest BCUT2D eigenvalue weighted by Gasteiger charge is -2.38. The molecule has 1 saturated heterocycles. The number of ether oxygens (including phenoxy) is 3. The van der Waals surface area contributed by atoms with Crippen LogP contribution < -0.4 is 9.64 Å². The first-order valence-corrected chi connectivity index (χ1v) is 13.9. The fourth-order valence-corrected chi connectivity index (χ4v) is 5.79. The molecule has 11 heteroatoms. The Kier molecular flexibility index (Phi) is 7.58. The molecular weight excluding hydrogens is 520 g/mol. The summed E-state index contributed by atoms with van der Waals surface area (Å²) in [5.41, 5.74) is 3.92. The lowest BCUT2D eigenvalue weighted by molar-refractivity contribution is 0.199. The quantitative estimate of drug-likeness (QED) is 0.464. The Morgan fingerprint density at radius 2 is 2.02 bits per heavy atom. The van der Waals surface area contributed by atoms with Crippen molar-refractivity contribution in [3.05, 3.63) is 77.4 Å². The van der Waals surface area contributed by atoms with Gasteiger partial charge in [0.2, 0.25) is 11.8 Å². The highest BCUT2D eigenvalue weighted by Gasteiger charge is 2.32. The molecule has 41 heavy (non-hydrogen) atoms. The number of methoxy groups -OCH3 is 3. The van der Waals surface area contributed by atoms with Crippen molar-refractivity contribution in [1.29, 1.82) is 0 Å². The molecule has 214 valence electrons. The van der Waals surface area contributed by atoms with E-state index in [9.17, 15) is 0 Å². The maximum Gasteiger partial charge on any atom is 0.228 e. The summed E-state index contributed by atoms with van der Waals surface area (Å²) in [5, 5.41) is 4.31. The zero-order valence-electron chi connectivity index (χ0n) is 24.0. The van der Waals surface area contributed by atoms with Crippen molar-refractivity contribution in [1.82, 2.24) is 24.6 Å². The summed E-state index contributed by atoms with van der Waals surface area (Å²) >= 11 is 0. The Bertz CT molecular complexity index is 1470. The van der Waals surface area contributed by atoms with Crippen LogP contribution in [-0.4, -0.2) is 89.6 Å². The molecule has 0 spiro atoms. The van der Waals surface area contributed by atoms with Crippen LogP contribution in [0.15, 0.2) is 81.9 Å². The van der Waals surface area contributed by atoms with Crippen molar-refractivity contribution in [2.45, 2.75) is 31.3 Å². The van der Waals surface area contributed by atoms with E-state index >= 15 is 0 Å². The molecule has 11 nitrogen and oxygen atoms in total. The number of aryl methyl sites for hydroxylation is 1. The third-order valence-electron chi connectivity index (χ3n) is 7.96. The fourth-order valence-electron chi connectivity index (χ4n) is 5.79. The van der Waals surface area contributed by atoms with Gasteiger partial charge in [0.05, 0.1) is 51.0 Å². The third kappa shape index (κ3) is 5.75. The molecule has 3 unspecified atom stereocenters. The molecular formula is C30H36N8O3. The van der Waals surface area contributed by atoms with E-state index in [1.54, 1.807) is 38.3 Å². The first-order chi connectivity index (χ1) is 20.0. The average Bonchev–Trinajstić information content (AvgIpc) is 3.68. The predicted molar refractivity (Wildman–Crippen MR) is 157 cm³/mol. The number of aliphatic imine (C=N–C) groups is 2. The van der Waals surface area contributed by atoms with Crippen LogP contribution in [0.25, 0.3) is 0 Å². The molecule has 3 atom stereocenters. The number of rotatable bonds is 9. The van der Waals surface area contributed by atoms with Gasteiger partial charge in [-0.3, -0.25) is 9.67 Å². The van der Waals surface area contributed by atoms with Crippen LogP contribution in [0.3, 0.4) is 0 Å². The third-order valence-corrected chi connectivity index (χ3v) is 7.96. The van der Waals surface area contributed by atoms with Gasteiger partial charge in [0.1, 0.15) is 11.5 Å². The molecule has 0 bridgehead atoms. The van der Waals surface area contributed by atoms with Gasteiger partial charge in [-0.25, -0.2) is 9.98 Å². The first-order valence-electron chi connectivity index (χ1n) is 13.9. The van der Waals surface area contributed by atoms with E-state index in [-0.39, 0.29) is 12.1 Å². The zero-order chi connectivity index (χ0) is 28.3. The standard InChI is InChI=1S/C30H36N8O3/c1-36-19-21(15-33-36)28-16-32-26-6-5-22(13-27(26)34-28)38(23-11-24(39-2)14-25(12-23)40-3)18-20-8-10-37(17-20)30-31-9-7-29(35-30)41-4/h5,7,9,11,13-16,19-20,23,26H,6,8,10,12,17-18H2,1-4H3. The predicted octanol–water partition coefficient (Wildman–Crippen LogP) is 3.29. The van der Waals surface area contributed by atoms with Crippen molar-refractivity contribution in [3.8, 4) is 5.88 Å². The molecule has 0 aromatic carbocycles. The second-order valence-electron chi connectivity index (χ2n) is 10.6. The van der Waals surface area contributed by atoms with Crippen LogP contribution in [0.4, 0.5) is 5.95 Å². The maximum absolute atomic E-state index is 5.70. The number of hydrogen-bond acceptors (Lipinski definition) is 10. The van der Waals surface area contributed by atoms with Gasteiger partial charge >= 0.3 is 0 Å². The summed E-state index contributed by atoms with van der Waals surface area (Å²) in [4.78, 5) is 23.6. The molecule has 2 aromatic heterocycles. The van der Waals surface area contributed by atoms with E-state index in [1.807, 2.05) is 31.7 Å². The van der Waals surface area contributed by atoms with Crippen molar-refractivity contribution in [2.24, 2.45) is 23.0 Å². The highest BCUT2D eigenvalue weighted by molar-refractivity contribution is 6.38. The number of nitrogens with zero attached hydrogens (tertiary/aromatic N) is 8. The maximum atomic E-state index is 5.70. The van der Waals surface area contributed by atoms with Crippen molar-refractivity contribution >= 4 is 17.9 Å². The van der Waals surface area contributed by atoms with Crippen molar-refractivity contribution < 1.29 is 14.2 Å². The summed E-state index contributed by atoms with van der Waals surface area (Å²) < 4.78 is 18.5. The van der Waals surface area contributed by atoms with E-state index in [2.05, 4.69) is 43.1 Å². The lowest BCUT2D eigenvalue weighted by atomic mass is 9.96.